The molecule has 0 aliphatic carbocycles. The van der Waals surface area contributed by atoms with Crippen molar-refractivity contribution in [1.29, 1.82) is 0 Å². The summed E-state index contributed by atoms with van der Waals surface area (Å²) in [5.74, 6) is -0.715. The van der Waals surface area contributed by atoms with Crippen molar-refractivity contribution in [3.8, 4) is 5.75 Å². The Labute approximate surface area is 169 Å². The van der Waals surface area contributed by atoms with Gasteiger partial charge in [-0.3, -0.25) is 4.79 Å². The third-order valence-corrected chi connectivity index (χ3v) is 3.86. The molecule has 0 saturated heterocycles. The normalized spacial score (nSPS) is 11.7. The first-order chi connectivity index (χ1) is 11.1. The molecular weight excluding hydrogens is 332 g/mol. The van der Waals surface area contributed by atoms with Crippen LogP contribution in [0.15, 0.2) is 63.8 Å². The molecule has 1 N–H and O–H groups in total. The third kappa shape index (κ3) is 3.72. The summed E-state index contributed by atoms with van der Waals surface area (Å²) in [6, 6.07) is 16.0. The van der Waals surface area contributed by atoms with E-state index in [9.17, 15) is 14.7 Å². The summed E-state index contributed by atoms with van der Waals surface area (Å²) < 4.78 is 5.33. The number of hydrogen-bond acceptors (Lipinski definition) is 4. The Balaban J connectivity index is 0.00000208. The second kappa shape index (κ2) is 7.97. The van der Waals surface area contributed by atoms with E-state index < -0.39 is 11.5 Å². The van der Waals surface area contributed by atoms with Gasteiger partial charge < -0.3 is 9.52 Å². The first-order valence-corrected chi connectivity index (χ1v) is 7.37. The molecule has 0 bridgehead atoms. The number of fused-ring (bicyclic) bond motifs is 1. The molecule has 0 radical (unpaired) electrons. The van der Waals surface area contributed by atoms with Crippen molar-refractivity contribution in [3.63, 3.8) is 0 Å². The molecule has 24 heavy (non-hydrogen) atoms. The van der Waals surface area contributed by atoms with Crippen LogP contribution in [0.1, 0.15) is 30.4 Å². The Hall–Kier alpha value is -1.62. The Morgan fingerprint density at radius 3 is 2.38 bits per heavy atom. The molecule has 3 rings (SSSR count). The van der Waals surface area contributed by atoms with Gasteiger partial charge in [0.1, 0.15) is 17.1 Å². The Kier molecular flexibility index (Phi) is 6.21. The molecule has 0 aliphatic rings. The van der Waals surface area contributed by atoms with Crippen molar-refractivity contribution >= 4 is 54.5 Å². The van der Waals surface area contributed by atoms with Gasteiger partial charge in [0, 0.05) is 12.3 Å². The molecule has 1 unspecified atom stereocenters. The molecule has 0 amide bonds. The van der Waals surface area contributed by atoms with Gasteiger partial charge >= 0.3 is 43.4 Å². The number of Topliss-reactive ketones (excluding diaryl/α,β-unsaturated/α-hetero) is 1. The van der Waals surface area contributed by atoms with Crippen LogP contribution in [0.3, 0.4) is 0 Å². The van der Waals surface area contributed by atoms with Gasteiger partial charge in [-0.25, -0.2) is 4.79 Å². The van der Waals surface area contributed by atoms with Crippen molar-refractivity contribution in [3.05, 3.63) is 76.1 Å². The molecule has 0 aliphatic heterocycles. The first-order valence-electron chi connectivity index (χ1n) is 7.37. The van der Waals surface area contributed by atoms with E-state index in [0.29, 0.717) is 11.0 Å². The van der Waals surface area contributed by atoms with Crippen LogP contribution in [0.4, 0.5) is 0 Å². The fourth-order valence-corrected chi connectivity index (χ4v) is 2.81. The fraction of sp³-hybridized carbons (Fsp3) is 0.158. The number of ketones is 1. The Morgan fingerprint density at radius 2 is 1.71 bits per heavy atom. The zero-order valence-corrected chi connectivity index (χ0v) is 12.7. The summed E-state index contributed by atoms with van der Waals surface area (Å²) in [7, 11) is 0. The van der Waals surface area contributed by atoms with Crippen LogP contribution in [-0.4, -0.2) is 48.6 Å². The predicted octanol–water partition coefficient (Wildman–Crippen LogP) is 2.69. The molecule has 120 valence electrons. The first kappa shape index (κ1) is 18.7. The van der Waals surface area contributed by atoms with E-state index in [-0.39, 0.29) is 61.3 Å². The zero-order chi connectivity index (χ0) is 16.4. The zero-order valence-electron chi connectivity index (χ0n) is 12.7. The van der Waals surface area contributed by atoms with Crippen molar-refractivity contribution in [1.82, 2.24) is 0 Å². The molecule has 2 aromatic carbocycles. The average Bonchev–Trinajstić information content (AvgIpc) is 2.54. The average molecular weight is 350 g/mol. The number of aromatic hydroxyl groups is 1. The van der Waals surface area contributed by atoms with E-state index >= 15 is 0 Å². The summed E-state index contributed by atoms with van der Waals surface area (Å²) >= 11 is 0. The van der Waals surface area contributed by atoms with E-state index in [0.717, 1.165) is 5.56 Å². The Bertz CT molecular complexity index is 916. The second-order valence-corrected chi connectivity index (χ2v) is 5.52. The molecule has 1 aromatic heterocycles. The minimum atomic E-state index is -0.615. The molecule has 1 heterocycles. The van der Waals surface area contributed by atoms with E-state index in [1.54, 1.807) is 24.3 Å². The van der Waals surface area contributed by atoms with Gasteiger partial charge in [0.2, 0.25) is 0 Å². The van der Waals surface area contributed by atoms with E-state index in [2.05, 4.69) is 0 Å². The fourth-order valence-electron chi connectivity index (χ4n) is 2.81. The second-order valence-electron chi connectivity index (χ2n) is 5.52. The number of hydrogen-bond donors (Lipinski definition) is 1. The predicted molar refractivity (Wildman–Crippen MR) is 96.3 cm³/mol. The van der Waals surface area contributed by atoms with Gasteiger partial charge in [0.15, 0.2) is 0 Å². The van der Waals surface area contributed by atoms with Crippen LogP contribution >= 0.6 is 0 Å². The van der Waals surface area contributed by atoms with Crippen molar-refractivity contribution in [2.75, 3.05) is 0 Å². The SMILES string of the molecule is CC(=O)CC(c1ccccc1)c1c(O)c2ccccc2oc1=O.[CaH2]. The molecule has 4 nitrogen and oxygen atoms in total. The molecule has 0 saturated carbocycles. The van der Waals surface area contributed by atoms with Crippen LogP contribution in [0, 0.1) is 0 Å². The molecule has 3 aromatic rings. The van der Waals surface area contributed by atoms with Gasteiger partial charge in [-0.05, 0) is 24.6 Å². The quantitative estimate of drug-likeness (QED) is 0.580. The summed E-state index contributed by atoms with van der Waals surface area (Å²) in [5, 5.41) is 11.1. The van der Waals surface area contributed by atoms with Crippen LogP contribution in [0.25, 0.3) is 11.0 Å². The van der Waals surface area contributed by atoms with Crippen molar-refractivity contribution in [2.45, 2.75) is 19.3 Å². The number of rotatable bonds is 4. The van der Waals surface area contributed by atoms with Gasteiger partial charge in [-0.1, -0.05) is 42.5 Å². The number of benzene rings is 2. The number of para-hydroxylation sites is 1. The van der Waals surface area contributed by atoms with Crippen LogP contribution in [0.5, 0.6) is 5.75 Å². The summed E-state index contributed by atoms with van der Waals surface area (Å²) in [4.78, 5) is 24.1. The van der Waals surface area contributed by atoms with E-state index in [1.165, 1.54) is 6.92 Å². The maximum atomic E-state index is 12.4. The topological polar surface area (TPSA) is 67.5 Å². The van der Waals surface area contributed by atoms with Gasteiger partial charge in [-0.2, -0.15) is 0 Å². The van der Waals surface area contributed by atoms with Crippen LogP contribution in [0.2, 0.25) is 0 Å². The van der Waals surface area contributed by atoms with Gasteiger partial charge in [-0.15, -0.1) is 0 Å². The maximum absolute atomic E-state index is 12.4. The number of carbonyl (C=O) groups is 1. The van der Waals surface area contributed by atoms with E-state index in [4.69, 9.17) is 4.42 Å². The van der Waals surface area contributed by atoms with Gasteiger partial charge in [0.25, 0.3) is 0 Å². The monoisotopic (exact) mass is 350 g/mol. The molecule has 5 heteroatoms. The van der Waals surface area contributed by atoms with Crippen LogP contribution < -0.4 is 5.63 Å². The van der Waals surface area contributed by atoms with Crippen LogP contribution in [-0.2, 0) is 4.79 Å². The number of carbonyl (C=O) groups excluding carboxylic acids is 1. The molecule has 0 fully saturated rings. The minimum absolute atomic E-state index is 0. The van der Waals surface area contributed by atoms with Gasteiger partial charge in [0.05, 0.1) is 10.9 Å². The molecule has 1 atom stereocenters. The van der Waals surface area contributed by atoms with Crippen molar-refractivity contribution < 1.29 is 14.3 Å². The standard InChI is InChI=1S/C19H16O4.Ca.2H/c1-12(20)11-15(13-7-3-2-4-8-13)17-18(21)14-9-5-6-10-16(14)23-19(17)22;;;/h2-10,15,21H,11H2,1H3;;;. The van der Waals surface area contributed by atoms with Crippen molar-refractivity contribution in [2.24, 2.45) is 0 Å². The molecular formula is C19H18CaO4. The summed E-state index contributed by atoms with van der Waals surface area (Å²) in [6.45, 7) is 1.47. The van der Waals surface area contributed by atoms with E-state index in [1.807, 2.05) is 30.3 Å². The summed E-state index contributed by atoms with van der Waals surface area (Å²) in [6.07, 6.45) is 0.126. The third-order valence-electron chi connectivity index (χ3n) is 3.86. The summed E-state index contributed by atoms with van der Waals surface area (Å²) in [5.41, 5.74) is 0.635. The Morgan fingerprint density at radius 1 is 1.08 bits per heavy atom. The molecule has 0 spiro atoms.